The molecule has 3 aromatic rings. The van der Waals surface area contributed by atoms with E-state index in [9.17, 15) is 19.2 Å². The SMILES string of the molecule is CCOC(=O)c1cccc(-n2c(C)cc(/C=C3\C(=O)NC(=O)N(c4ccc(C)cc4)C3=O)c2C)c1. The van der Waals surface area contributed by atoms with E-state index >= 15 is 0 Å². The topological polar surface area (TPSA) is 97.7 Å². The number of amides is 4. The van der Waals surface area contributed by atoms with Gasteiger partial charge in [0, 0.05) is 17.1 Å². The van der Waals surface area contributed by atoms with Crippen LogP contribution in [0.15, 0.2) is 60.2 Å². The number of anilines is 1. The number of rotatable bonds is 5. The Morgan fingerprint density at radius 1 is 0.971 bits per heavy atom. The average molecular weight is 472 g/mol. The van der Waals surface area contributed by atoms with Gasteiger partial charge in [-0.1, -0.05) is 23.8 Å². The molecule has 8 nitrogen and oxygen atoms in total. The molecule has 178 valence electrons. The molecule has 0 spiro atoms. The summed E-state index contributed by atoms with van der Waals surface area (Å²) in [5.41, 5.74) is 4.60. The highest BCUT2D eigenvalue weighted by molar-refractivity contribution is 6.39. The van der Waals surface area contributed by atoms with Gasteiger partial charge in [0.25, 0.3) is 11.8 Å². The van der Waals surface area contributed by atoms with Gasteiger partial charge in [0.1, 0.15) is 5.57 Å². The molecule has 1 fully saturated rings. The molecule has 0 saturated carbocycles. The number of nitrogens with one attached hydrogen (secondary N) is 1. The highest BCUT2D eigenvalue weighted by atomic mass is 16.5. The van der Waals surface area contributed by atoms with Crippen molar-refractivity contribution in [2.45, 2.75) is 27.7 Å². The lowest BCUT2D eigenvalue weighted by atomic mass is 10.1. The fraction of sp³-hybridized carbons (Fsp3) is 0.185. The Balaban J connectivity index is 1.73. The largest absolute Gasteiger partial charge is 0.462 e. The van der Waals surface area contributed by atoms with E-state index < -0.39 is 23.8 Å². The summed E-state index contributed by atoms with van der Waals surface area (Å²) in [4.78, 5) is 51.4. The second kappa shape index (κ2) is 9.42. The molecule has 4 amide bonds. The minimum atomic E-state index is -0.790. The number of hydrogen-bond donors (Lipinski definition) is 1. The summed E-state index contributed by atoms with van der Waals surface area (Å²) in [6, 6.07) is 15.0. The third-order valence-corrected chi connectivity index (χ3v) is 5.78. The molecule has 0 aliphatic carbocycles. The lowest BCUT2D eigenvalue weighted by Crippen LogP contribution is -2.54. The van der Waals surface area contributed by atoms with Crippen LogP contribution in [0, 0.1) is 20.8 Å². The summed E-state index contributed by atoms with van der Waals surface area (Å²) in [6.07, 6.45) is 1.49. The van der Waals surface area contributed by atoms with Crippen LogP contribution >= 0.6 is 0 Å². The molecule has 1 N–H and O–H groups in total. The number of ether oxygens (including phenoxy) is 1. The molecule has 2 aromatic carbocycles. The second-order valence-corrected chi connectivity index (χ2v) is 8.23. The Bertz CT molecular complexity index is 1380. The van der Waals surface area contributed by atoms with Crippen molar-refractivity contribution in [3.63, 3.8) is 0 Å². The molecule has 1 saturated heterocycles. The van der Waals surface area contributed by atoms with Gasteiger partial charge in [0.05, 0.1) is 17.9 Å². The van der Waals surface area contributed by atoms with Gasteiger partial charge in [0.15, 0.2) is 0 Å². The fourth-order valence-electron chi connectivity index (χ4n) is 4.06. The summed E-state index contributed by atoms with van der Waals surface area (Å²) < 4.78 is 7.02. The Morgan fingerprint density at radius 2 is 1.69 bits per heavy atom. The molecule has 4 rings (SSSR count). The van der Waals surface area contributed by atoms with Gasteiger partial charge in [-0.3, -0.25) is 14.9 Å². The van der Waals surface area contributed by atoms with Crippen LogP contribution in [0.1, 0.15) is 39.8 Å². The minimum absolute atomic E-state index is 0.148. The first-order chi connectivity index (χ1) is 16.7. The lowest BCUT2D eigenvalue weighted by molar-refractivity contribution is -0.122. The molecule has 35 heavy (non-hydrogen) atoms. The molecule has 1 aliphatic rings. The maximum Gasteiger partial charge on any atom is 0.338 e. The van der Waals surface area contributed by atoms with Gasteiger partial charge in [-0.2, -0.15) is 0 Å². The quantitative estimate of drug-likeness (QED) is 0.341. The van der Waals surface area contributed by atoms with E-state index in [-0.39, 0.29) is 12.2 Å². The van der Waals surface area contributed by atoms with Crippen LogP contribution in [-0.4, -0.2) is 35.0 Å². The van der Waals surface area contributed by atoms with Crippen LogP contribution in [0.5, 0.6) is 0 Å². The summed E-state index contributed by atoms with van der Waals surface area (Å²) in [7, 11) is 0. The van der Waals surface area contributed by atoms with Crippen LogP contribution in [-0.2, 0) is 14.3 Å². The van der Waals surface area contributed by atoms with E-state index in [1.807, 2.05) is 37.5 Å². The number of hydrogen-bond acceptors (Lipinski definition) is 5. The van der Waals surface area contributed by atoms with Gasteiger partial charge in [0.2, 0.25) is 0 Å². The van der Waals surface area contributed by atoms with E-state index in [1.165, 1.54) is 6.08 Å². The van der Waals surface area contributed by atoms with E-state index in [0.29, 0.717) is 16.8 Å². The molecule has 0 unspecified atom stereocenters. The predicted octanol–water partition coefficient (Wildman–Crippen LogP) is 4.25. The smallest absolute Gasteiger partial charge is 0.338 e. The van der Waals surface area contributed by atoms with Crippen molar-refractivity contribution < 1.29 is 23.9 Å². The highest BCUT2D eigenvalue weighted by Crippen LogP contribution is 2.26. The van der Waals surface area contributed by atoms with Crippen LogP contribution in [0.2, 0.25) is 0 Å². The average Bonchev–Trinajstić information content (AvgIpc) is 3.10. The normalized spacial score (nSPS) is 14.9. The summed E-state index contributed by atoms with van der Waals surface area (Å²) in [5.74, 6) is -1.86. The number of carbonyl (C=O) groups is 4. The Morgan fingerprint density at radius 3 is 2.37 bits per heavy atom. The number of benzene rings is 2. The number of carbonyl (C=O) groups excluding carboxylic acids is 4. The zero-order valence-corrected chi connectivity index (χ0v) is 19.9. The number of esters is 1. The molecule has 0 bridgehead atoms. The van der Waals surface area contributed by atoms with E-state index in [4.69, 9.17) is 4.74 Å². The van der Waals surface area contributed by atoms with Crippen molar-refractivity contribution in [1.29, 1.82) is 0 Å². The maximum atomic E-state index is 13.2. The third kappa shape index (κ3) is 4.50. The van der Waals surface area contributed by atoms with Gasteiger partial charge in [-0.15, -0.1) is 0 Å². The van der Waals surface area contributed by atoms with E-state index in [1.54, 1.807) is 49.4 Å². The third-order valence-electron chi connectivity index (χ3n) is 5.78. The first kappa shape index (κ1) is 23.7. The molecule has 1 aliphatic heterocycles. The number of aromatic nitrogens is 1. The van der Waals surface area contributed by atoms with Crippen LogP contribution < -0.4 is 10.2 Å². The van der Waals surface area contributed by atoms with Crippen molar-refractivity contribution in [3.8, 4) is 5.69 Å². The van der Waals surface area contributed by atoms with Crippen LogP contribution in [0.3, 0.4) is 0 Å². The van der Waals surface area contributed by atoms with Gasteiger partial charge in [-0.05, 0) is 75.7 Å². The van der Waals surface area contributed by atoms with E-state index in [0.717, 1.165) is 27.5 Å². The van der Waals surface area contributed by atoms with Crippen molar-refractivity contribution in [3.05, 3.63) is 88.2 Å². The first-order valence-corrected chi connectivity index (χ1v) is 11.2. The van der Waals surface area contributed by atoms with Gasteiger partial charge >= 0.3 is 12.0 Å². The van der Waals surface area contributed by atoms with Crippen molar-refractivity contribution in [2.24, 2.45) is 0 Å². The monoisotopic (exact) mass is 471 g/mol. The maximum absolute atomic E-state index is 13.2. The van der Waals surface area contributed by atoms with E-state index in [2.05, 4.69) is 5.32 Å². The molecule has 2 heterocycles. The highest BCUT2D eigenvalue weighted by Gasteiger charge is 2.37. The summed E-state index contributed by atoms with van der Waals surface area (Å²) in [5, 5.41) is 2.25. The number of urea groups is 1. The minimum Gasteiger partial charge on any atom is -0.462 e. The van der Waals surface area contributed by atoms with Crippen LogP contribution in [0.25, 0.3) is 11.8 Å². The standard InChI is InChI=1S/C27H25N3O5/c1-5-35-26(33)19-7-6-8-22(14-19)29-17(3)13-20(18(29)4)15-23-24(31)28-27(34)30(25(23)32)21-11-9-16(2)10-12-21/h6-15H,5H2,1-4H3,(H,28,31,34)/b23-15+. The summed E-state index contributed by atoms with van der Waals surface area (Å²) >= 11 is 0. The molecule has 1 aromatic heterocycles. The molecule has 0 radical (unpaired) electrons. The van der Waals surface area contributed by atoms with Crippen molar-refractivity contribution in [1.82, 2.24) is 9.88 Å². The van der Waals surface area contributed by atoms with Crippen LogP contribution in [0.4, 0.5) is 10.5 Å². The molecular formula is C27H25N3O5. The van der Waals surface area contributed by atoms with Gasteiger partial charge in [-0.25, -0.2) is 14.5 Å². The molecule has 0 atom stereocenters. The Kier molecular flexibility index (Phi) is 6.38. The predicted molar refractivity (Wildman–Crippen MR) is 131 cm³/mol. The molecule has 8 heteroatoms. The molecular weight excluding hydrogens is 446 g/mol. The zero-order valence-electron chi connectivity index (χ0n) is 19.9. The summed E-state index contributed by atoms with van der Waals surface area (Å²) in [6.45, 7) is 7.66. The van der Waals surface area contributed by atoms with Crippen molar-refractivity contribution in [2.75, 3.05) is 11.5 Å². The fourth-order valence-corrected chi connectivity index (χ4v) is 4.06. The first-order valence-electron chi connectivity index (χ1n) is 11.2. The number of imide groups is 2. The lowest BCUT2D eigenvalue weighted by Gasteiger charge is -2.26. The van der Waals surface area contributed by atoms with Crippen molar-refractivity contribution >= 4 is 35.6 Å². The Hall–Kier alpha value is -4.46. The Labute approximate surface area is 202 Å². The zero-order chi connectivity index (χ0) is 25.3. The second-order valence-electron chi connectivity index (χ2n) is 8.23. The number of aryl methyl sites for hydroxylation is 2. The number of nitrogens with zero attached hydrogens (tertiary/aromatic N) is 2. The van der Waals surface area contributed by atoms with Gasteiger partial charge < -0.3 is 9.30 Å². The number of barbiturate groups is 1.